The number of hydrogen-bond donors (Lipinski definition) is 1. The van der Waals surface area contributed by atoms with Gasteiger partial charge in [0, 0.05) is 22.7 Å². The van der Waals surface area contributed by atoms with E-state index in [4.69, 9.17) is 0 Å². The number of fused-ring (bicyclic) bond motifs is 1. The summed E-state index contributed by atoms with van der Waals surface area (Å²) >= 11 is 0. The minimum Gasteiger partial charge on any atom is -0.336 e. The van der Waals surface area contributed by atoms with Crippen molar-refractivity contribution < 1.29 is 5.32 Å². The van der Waals surface area contributed by atoms with Crippen LogP contribution in [0.1, 0.15) is 24.1 Å². The van der Waals surface area contributed by atoms with Crippen LogP contribution >= 0.6 is 0 Å². The molecule has 1 atom stereocenters. The Morgan fingerprint density at radius 3 is 2.60 bits per heavy atom. The first-order chi connectivity index (χ1) is 9.83. The van der Waals surface area contributed by atoms with E-state index in [1.54, 1.807) is 0 Å². The summed E-state index contributed by atoms with van der Waals surface area (Å²) in [4.78, 5) is 4.51. The Morgan fingerprint density at radius 1 is 1.00 bits per heavy atom. The minimum absolute atomic E-state index is 0.461. The molecular formula is C18H19N2+. The van der Waals surface area contributed by atoms with Crippen LogP contribution in [-0.2, 0) is 6.54 Å². The van der Waals surface area contributed by atoms with E-state index in [1.165, 1.54) is 16.5 Å². The predicted molar refractivity (Wildman–Crippen MR) is 82.2 cm³/mol. The molecule has 3 aromatic rings. The molecule has 2 aromatic carbocycles. The average Bonchev–Trinajstić information content (AvgIpc) is 2.53. The van der Waals surface area contributed by atoms with E-state index in [0.29, 0.717) is 6.04 Å². The summed E-state index contributed by atoms with van der Waals surface area (Å²) in [6, 6.07) is 21.6. The number of hydrogen-bond acceptors (Lipinski definition) is 1. The molecule has 0 radical (unpaired) electrons. The second-order valence-electron chi connectivity index (χ2n) is 5.18. The normalized spacial score (nSPS) is 12.4. The van der Waals surface area contributed by atoms with Crippen molar-refractivity contribution in [3.8, 4) is 0 Å². The molecule has 0 aliphatic rings. The lowest BCUT2D eigenvalue weighted by atomic mass is 10.1. The zero-order valence-electron chi connectivity index (χ0n) is 11.7. The molecule has 0 saturated carbocycles. The van der Waals surface area contributed by atoms with Crippen molar-refractivity contribution in [3.63, 3.8) is 0 Å². The molecule has 1 heterocycles. The number of aromatic nitrogens is 1. The fourth-order valence-corrected chi connectivity index (χ4v) is 2.43. The topological polar surface area (TPSA) is 29.5 Å². The monoisotopic (exact) mass is 263 g/mol. The minimum atomic E-state index is 0.461. The third kappa shape index (κ3) is 2.86. The Kier molecular flexibility index (Phi) is 3.75. The molecule has 3 rings (SSSR count). The van der Waals surface area contributed by atoms with E-state index in [9.17, 15) is 0 Å². The van der Waals surface area contributed by atoms with Gasteiger partial charge in [-0.15, -0.1) is 0 Å². The highest BCUT2D eigenvalue weighted by atomic mass is 14.9. The number of rotatable bonds is 4. The highest BCUT2D eigenvalue weighted by Gasteiger charge is 2.08. The van der Waals surface area contributed by atoms with Crippen LogP contribution in [0, 0.1) is 0 Å². The zero-order valence-corrected chi connectivity index (χ0v) is 11.7. The second kappa shape index (κ2) is 5.85. The molecule has 0 aliphatic heterocycles. The van der Waals surface area contributed by atoms with Crippen molar-refractivity contribution in [2.75, 3.05) is 0 Å². The molecule has 0 aliphatic carbocycles. The lowest BCUT2D eigenvalue weighted by molar-refractivity contribution is -0.707. The van der Waals surface area contributed by atoms with Crippen molar-refractivity contribution in [1.29, 1.82) is 0 Å². The van der Waals surface area contributed by atoms with E-state index >= 15 is 0 Å². The predicted octanol–water partition coefficient (Wildman–Crippen LogP) is 3.06. The lowest BCUT2D eigenvalue weighted by Crippen LogP contribution is -2.83. The summed E-state index contributed by atoms with van der Waals surface area (Å²) in [5.41, 5.74) is 3.69. The Morgan fingerprint density at radius 2 is 1.75 bits per heavy atom. The quantitative estimate of drug-likeness (QED) is 0.770. The van der Waals surface area contributed by atoms with Crippen LogP contribution in [0.2, 0.25) is 0 Å². The van der Waals surface area contributed by atoms with Gasteiger partial charge in [0.05, 0.1) is 5.52 Å². The summed E-state index contributed by atoms with van der Waals surface area (Å²) in [6.07, 6.45) is 1.98. The van der Waals surface area contributed by atoms with Crippen molar-refractivity contribution in [2.45, 2.75) is 19.5 Å². The molecule has 2 heteroatoms. The van der Waals surface area contributed by atoms with E-state index in [0.717, 1.165) is 12.1 Å². The molecule has 100 valence electrons. The first-order valence-electron chi connectivity index (χ1n) is 7.05. The molecule has 0 fully saturated rings. The van der Waals surface area contributed by atoms with Crippen LogP contribution in [0.5, 0.6) is 0 Å². The summed E-state index contributed by atoms with van der Waals surface area (Å²) in [5.74, 6) is 0. The third-order valence-electron chi connectivity index (χ3n) is 3.68. The molecule has 0 amide bonds. The second-order valence-corrected chi connectivity index (χ2v) is 5.18. The van der Waals surface area contributed by atoms with Gasteiger partial charge in [-0.2, -0.15) is 0 Å². The maximum Gasteiger partial charge on any atom is 0.109 e. The Hall–Kier alpha value is -2.19. The first kappa shape index (κ1) is 12.8. The molecule has 1 aromatic heterocycles. The molecule has 0 spiro atoms. The van der Waals surface area contributed by atoms with Crippen LogP contribution < -0.4 is 5.32 Å². The van der Waals surface area contributed by atoms with E-state index in [1.807, 2.05) is 12.3 Å². The Labute approximate surface area is 119 Å². The zero-order chi connectivity index (χ0) is 13.8. The van der Waals surface area contributed by atoms with Crippen LogP contribution in [-0.4, -0.2) is 4.98 Å². The molecule has 2 N–H and O–H groups in total. The summed E-state index contributed by atoms with van der Waals surface area (Å²) < 4.78 is 0. The van der Waals surface area contributed by atoms with Gasteiger partial charge in [0.25, 0.3) is 0 Å². The third-order valence-corrected chi connectivity index (χ3v) is 3.68. The average molecular weight is 263 g/mol. The van der Waals surface area contributed by atoms with Gasteiger partial charge in [0.2, 0.25) is 0 Å². The number of benzene rings is 2. The van der Waals surface area contributed by atoms with Gasteiger partial charge >= 0.3 is 0 Å². The fourth-order valence-electron chi connectivity index (χ4n) is 2.43. The maximum atomic E-state index is 4.51. The van der Waals surface area contributed by atoms with Gasteiger partial charge in [-0.1, -0.05) is 48.5 Å². The van der Waals surface area contributed by atoms with Gasteiger partial charge in [-0.25, -0.2) is 0 Å². The molecule has 0 bridgehead atoms. The maximum absolute atomic E-state index is 4.51. The van der Waals surface area contributed by atoms with Gasteiger partial charge in [-0.05, 0) is 19.1 Å². The number of nitrogens with zero attached hydrogens (tertiary/aromatic N) is 1. The lowest BCUT2D eigenvalue weighted by Gasteiger charge is -2.11. The van der Waals surface area contributed by atoms with Gasteiger partial charge in [0.15, 0.2) is 0 Å². The van der Waals surface area contributed by atoms with Gasteiger partial charge in [0.1, 0.15) is 12.6 Å². The molecule has 0 unspecified atom stereocenters. The van der Waals surface area contributed by atoms with E-state index < -0.39 is 0 Å². The van der Waals surface area contributed by atoms with Crippen molar-refractivity contribution in [3.05, 3.63) is 78.0 Å². The summed E-state index contributed by atoms with van der Waals surface area (Å²) in [6.45, 7) is 3.19. The number of nitrogens with two attached hydrogens (primary N) is 1. The van der Waals surface area contributed by atoms with Crippen LogP contribution in [0.4, 0.5) is 0 Å². The van der Waals surface area contributed by atoms with Crippen LogP contribution in [0.15, 0.2) is 66.9 Å². The molecule has 20 heavy (non-hydrogen) atoms. The smallest absolute Gasteiger partial charge is 0.109 e. The van der Waals surface area contributed by atoms with Crippen LogP contribution in [0.3, 0.4) is 0 Å². The standard InChI is InChI=1S/C18H18N2/c1-14(16-7-3-2-4-8-16)19-12-15-11-17-9-5-6-10-18(17)20-13-15/h2-11,13-14,19H,12H2,1H3/p+1/t14-/m1/s1. The van der Waals surface area contributed by atoms with Crippen LogP contribution in [0.25, 0.3) is 10.9 Å². The molecule has 0 saturated heterocycles. The molecular weight excluding hydrogens is 244 g/mol. The Balaban J connectivity index is 1.70. The fraction of sp³-hybridized carbons (Fsp3) is 0.167. The highest BCUT2D eigenvalue weighted by molar-refractivity contribution is 5.78. The van der Waals surface area contributed by atoms with E-state index in [-0.39, 0.29) is 0 Å². The largest absolute Gasteiger partial charge is 0.336 e. The van der Waals surface area contributed by atoms with Gasteiger partial charge < -0.3 is 5.32 Å². The summed E-state index contributed by atoms with van der Waals surface area (Å²) in [5, 5.41) is 3.56. The molecule has 2 nitrogen and oxygen atoms in total. The number of pyridine rings is 1. The van der Waals surface area contributed by atoms with E-state index in [2.05, 4.69) is 71.8 Å². The van der Waals surface area contributed by atoms with Crippen molar-refractivity contribution in [2.24, 2.45) is 0 Å². The van der Waals surface area contributed by atoms with Crippen molar-refractivity contribution >= 4 is 10.9 Å². The van der Waals surface area contributed by atoms with Crippen molar-refractivity contribution in [1.82, 2.24) is 4.98 Å². The number of para-hydroxylation sites is 1. The SMILES string of the molecule is C[C@@H]([NH2+]Cc1cnc2ccccc2c1)c1ccccc1. The highest BCUT2D eigenvalue weighted by Crippen LogP contribution is 2.12. The van der Waals surface area contributed by atoms with Gasteiger partial charge in [-0.3, -0.25) is 4.98 Å². The Bertz CT molecular complexity index is 692. The summed E-state index contributed by atoms with van der Waals surface area (Å²) in [7, 11) is 0. The first-order valence-corrected chi connectivity index (χ1v) is 7.05. The number of quaternary nitrogens is 1.